The van der Waals surface area contributed by atoms with Gasteiger partial charge in [-0.1, -0.05) is 0 Å². The maximum atomic E-state index is 12.0. The quantitative estimate of drug-likeness (QED) is 0.725. The summed E-state index contributed by atoms with van der Waals surface area (Å²) in [6.07, 6.45) is 0.848. The molecule has 1 saturated heterocycles. The number of hydrogen-bond donors (Lipinski definition) is 1. The Labute approximate surface area is 121 Å². The Balaban J connectivity index is 0.00000324. The van der Waals surface area contributed by atoms with Crippen LogP contribution in [0.25, 0.3) is 0 Å². The molecule has 0 aliphatic carbocycles. The number of halogens is 1. The molecule has 1 rings (SSSR count). The molecule has 0 aromatic heterocycles. The number of hydrogen-bond acceptors (Lipinski definition) is 5. The zero-order valence-corrected chi connectivity index (χ0v) is 13.0. The van der Waals surface area contributed by atoms with Gasteiger partial charge in [-0.15, -0.1) is 12.4 Å². The lowest BCUT2D eigenvalue weighted by molar-refractivity contribution is -0.129. The van der Waals surface area contributed by atoms with E-state index in [-0.39, 0.29) is 42.6 Å². The van der Waals surface area contributed by atoms with Gasteiger partial charge in [0.1, 0.15) is 5.75 Å². The van der Waals surface area contributed by atoms with Crippen LogP contribution in [0.2, 0.25) is 0 Å². The molecular formula is C11H23ClN2O4S. The van der Waals surface area contributed by atoms with Gasteiger partial charge in [0.05, 0.1) is 12.4 Å². The van der Waals surface area contributed by atoms with E-state index in [0.717, 1.165) is 6.42 Å². The molecule has 2 atom stereocenters. The first-order valence-electron chi connectivity index (χ1n) is 6.08. The highest BCUT2D eigenvalue weighted by Gasteiger charge is 2.33. The number of amides is 1. The third-order valence-corrected chi connectivity index (χ3v) is 4.73. The van der Waals surface area contributed by atoms with Gasteiger partial charge in [0.15, 0.2) is 9.84 Å². The molecule has 2 N–H and O–H groups in total. The maximum Gasteiger partial charge on any atom is 0.238 e. The second kappa shape index (κ2) is 8.04. The topological polar surface area (TPSA) is 89.7 Å². The van der Waals surface area contributed by atoms with E-state index >= 15 is 0 Å². The molecule has 0 spiro atoms. The molecule has 0 aromatic rings. The van der Waals surface area contributed by atoms with E-state index in [2.05, 4.69) is 0 Å². The van der Waals surface area contributed by atoms with Crippen molar-refractivity contribution in [2.45, 2.75) is 19.4 Å². The average Bonchev–Trinajstić information content (AvgIpc) is 2.67. The van der Waals surface area contributed by atoms with Crippen LogP contribution in [0.4, 0.5) is 0 Å². The number of nitrogens with zero attached hydrogens (tertiary/aromatic N) is 1. The third-order valence-electron chi connectivity index (χ3n) is 3.26. The highest BCUT2D eigenvalue weighted by atomic mass is 35.5. The summed E-state index contributed by atoms with van der Waals surface area (Å²) in [5, 5.41) is 0. The predicted molar refractivity (Wildman–Crippen MR) is 76.1 cm³/mol. The average molecular weight is 315 g/mol. The van der Waals surface area contributed by atoms with Gasteiger partial charge in [0, 0.05) is 19.7 Å². The minimum atomic E-state index is -3.38. The van der Waals surface area contributed by atoms with Gasteiger partial charge in [0.2, 0.25) is 5.91 Å². The summed E-state index contributed by atoms with van der Waals surface area (Å²) in [6, 6.07) is 0.0728. The molecule has 1 fully saturated rings. The Kier molecular flexibility index (Phi) is 7.88. The Hall–Kier alpha value is -0.370. The maximum absolute atomic E-state index is 12.0. The summed E-state index contributed by atoms with van der Waals surface area (Å²) in [6.45, 7) is 3.15. The highest BCUT2D eigenvalue weighted by Crippen LogP contribution is 2.22. The van der Waals surface area contributed by atoms with E-state index in [4.69, 9.17) is 10.5 Å². The first-order valence-corrected chi connectivity index (χ1v) is 7.90. The number of likely N-dealkylation sites (tertiary alicyclic amines) is 1. The molecule has 1 aliphatic rings. The van der Waals surface area contributed by atoms with Crippen LogP contribution >= 0.6 is 12.4 Å². The molecule has 19 heavy (non-hydrogen) atoms. The van der Waals surface area contributed by atoms with Crippen molar-refractivity contribution < 1.29 is 17.9 Å². The summed E-state index contributed by atoms with van der Waals surface area (Å²) >= 11 is 0. The monoisotopic (exact) mass is 314 g/mol. The van der Waals surface area contributed by atoms with Crippen molar-refractivity contribution in [3.63, 3.8) is 0 Å². The molecule has 114 valence electrons. The number of nitrogens with two attached hydrogens (primary N) is 1. The second-order valence-corrected chi connectivity index (χ2v) is 7.00. The fourth-order valence-electron chi connectivity index (χ4n) is 2.21. The van der Waals surface area contributed by atoms with Crippen LogP contribution in [0, 0.1) is 5.92 Å². The predicted octanol–water partition coefficient (Wildman–Crippen LogP) is -0.335. The van der Waals surface area contributed by atoms with Gasteiger partial charge in [0.25, 0.3) is 0 Å². The lowest BCUT2D eigenvalue weighted by Crippen LogP contribution is -2.39. The summed E-state index contributed by atoms with van der Waals surface area (Å²) in [7, 11) is -1.94. The number of ether oxygens (including phenoxy) is 1. The van der Waals surface area contributed by atoms with Crippen molar-refractivity contribution in [3.8, 4) is 0 Å². The van der Waals surface area contributed by atoms with Crippen LogP contribution < -0.4 is 5.73 Å². The number of carbonyl (C=O) groups is 1. The van der Waals surface area contributed by atoms with Crippen molar-refractivity contribution in [3.05, 3.63) is 0 Å². The van der Waals surface area contributed by atoms with Crippen LogP contribution in [-0.2, 0) is 19.4 Å². The normalized spacial score (nSPS) is 23.2. The van der Waals surface area contributed by atoms with Crippen LogP contribution in [0.5, 0.6) is 0 Å². The third kappa shape index (κ3) is 5.64. The zero-order chi connectivity index (χ0) is 13.8. The Morgan fingerprint density at radius 1 is 1.47 bits per heavy atom. The summed E-state index contributed by atoms with van der Waals surface area (Å²) in [5.74, 6) is -0.587. The lowest BCUT2D eigenvalue weighted by Gasteiger charge is -2.21. The molecule has 0 bridgehead atoms. The molecule has 1 heterocycles. The van der Waals surface area contributed by atoms with Gasteiger partial charge in [-0.2, -0.15) is 0 Å². The largest absolute Gasteiger partial charge is 0.384 e. The smallest absolute Gasteiger partial charge is 0.238 e. The SMILES string of the molecule is COCCS(=O)(=O)CC(=O)N1CC(CN)CC1C.Cl. The molecule has 0 saturated carbocycles. The van der Waals surface area contributed by atoms with Crippen molar-refractivity contribution in [2.24, 2.45) is 11.7 Å². The number of sulfone groups is 1. The minimum Gasteiger partial charge on any atom is -0.384 e. The molecule has 8 heteroatoms. The molecule has 1 amide bonds. The molecule has 0 aromatic carbocycles. The molecule has 6 nitrogen and oxygen atoms in total. The van der Waals surface area contributed by atoms with E-state index in [1.165, 1.54) is 7.11 Å². The first-order chi connectivity index (χ1) is 8.39. The number of rotatable bonds is 6. The fraction of sp³-hybridized carbons (Fsp3) is 0.909. The van der Waals surface area contributed by atoms with Crippen molar-refractivity contribution in [1.82, 2.24) is 4.90 Å². The van der Waals surface area contributed by atoms with Crippen LogP contribution in [0.3, 0.4) is 0 Å². The van der Waals surface area contributed by atoms with Crippen molar-refractivity contribution >= 4 is 28.2 Å². The molecule has 0 radical (unpaired) electrons. The summed E-state index contributed by atoms with van der Waals surface area (Å²) < 4.78 is 28.0. The minimum absolute atomic E-state index is 0. The van der Waals surface area contributed by atoms with Gasteiger partial charge >= 0.3 is 0 Å². The van der Waals surface area contributed by atoms with E-state index in [1.54, 1.807) is 4.90 Å². The molecule has 1 aliphatic heterocycles. The van der Waals surface area contributed by atoms with Gasteiger partial charge < -0.3 is 15.4 Å². The Morgan fingerprint density at radius 3 is 2.58 bits per heavy atom. The highest BCUT2D eigenvalue weighted by molar-refractivity contribution is 7.92. The van der Waals surface area contributed by atoms with E-state index < -0.39 is 15.6 Å². The van der Waals surface area contributed by atoms with E-state index in [0.29, 0.717) is 13.1 Å². The van der Waals surface area contributed by atoms with Gasteiger partial charge in [-0.25, -0.2) is 8.42 Å². The molecular weight excluding hydrogens is 292 g/mol. The first kappa shape index (κ1) is 18.6. The molecule has 2 unspecified atom stereocenters. The standard InChI is InChI=1S/C11H22N2O4S.ClH/c1-9-5-10(6-12)7-13(9)11(14)8-18(15,16)4-3-17-2;/h9-10H,3-8,12H2,1-2H3;1H. The van der Waals surface area contributed by atoms with Gasteiger partial charge in [-0.3, -0.25) is 4.79 Å². The second-order valence-electron chi connectivity index (χ2n) is 4.82. The fourth-order valence-corrected chi connectivity index (χ4v) is 3.32. The summed E-state index contributed by atoms with van der Waals surface area (Å²) in [5.41, 5.74) is 5.58. The van der Waals surface area contributed by atoms with E-state index in [1.807, 2.05) is 6.92 Å². The van der Waals surface area contributed by atoms with Crippen LogP contribution in [0.15, 0.2) is 0 Å². The van der Waals surface area contributed by atoms with Crippen LogP contribution in [-0.4, -0.2) is 63.6 Å². The number of methoxy groups -OCH3 is 1. The van der Waals surface area contributed by atoms with E-state index in [9.17, 15) is 13.2 Å². The zero-order valence-electron chi connectivity index (χ0n) is 11.4. The van der Waals surface area contributed by atoms with Gasteiger partial charge in [-0.05, 0) is 25.8 Å². The Bertz CT molecular complexity index is 388. The van der Waals surface area contributed by atoms with Crippen molar-refractivity contribution in [1.29, 1.82) is 0 Å². The summed E-state index contributed by atoms with van der Waals surface area (Å²) in [4.78, 5) is 13.6. The number of carbonyl (C=O) groups excluding carboxylic acids is 1. The van der Waals surface area contributed by atoms with Crippen LogP contribution in [0.1, 0.15) is 13.3 Å². The lowest BCUT2D eigenvalue weighted by atomic mass is 10.1. The Morgan fingerprint density at radius 2 is 2.11 bits per heavy atom. The van der Waals surface area contributed by atoms with Crippen molar-refractivity contribution in [2.75, 3.05) is 38.3 Å².